The van der Waals surface area contributed by atoms with Crippen molar-refractivity contribution >= 4 is 22.9 Å². The average Bonchev–Trinajstić information content (AvgIpc) is 3.58. The maximum Gasteiger partial charge on any atom is 0.276 e. The monoisotopic (exact) mass is 556 g/mol. The minimum absolute atomic E-state index is 0.0828. The molecule has 2 aromatic heterocycles. The van der Waals surface area contributed by atoms with E-state index in [1.165, 1.54) is 21.7 Å². The van der Waals surface area contributed by atoms with E-state index in [0.29, 0.717) is 12.2 Å². The fraction of sp³-hybridized carbons (Fsp3) is 0.387. The number of rotatable bonds is 7. The minimum atomic E-state index is -0.216. The van der Waals surface area contributed by atoms with Crippen molar-refractivity contribution in [3.05, 3.63) is 75.6 Å². The van der Waals surface area contributed by atoms with E-state index in [0.717, 1.165) is 72.0 Å². The Morgan fingerprint density at radius 3 is 2.70 bits per heavy atom. The van der Waals surface area contributed by atoms with Crippen molar-refractivity contribution in [2.24, 2.45) is 0 Å². The van der Waals surface area contributed by atoms with Crippen molar-refractivity contribution in [3.63, 3.8) is 0 Å². The average molecular weight is 557 g/mol. The highest BCUT2D eigenvalue weighted by molar-refractivity contribution is 7.15. The predicted molar refractivity (Wildman–Crippen MR) is 160 cm³/mol. The Morgan fingerprint density at radius 1 is 1.10 bits per heavy atom. The van der Waals surface area contributed by atoms with Crippen molar-refractivity contribution in [3.8, 4) is 21.7 Å². The van der Waals surface area contributed by atoms with Gasteiger partial charge < -0.3 is 20.6 Å². The van der Waals surface area contributed by atoms with Gasteiger partial charge >= 0.3 is 0 Å². The van der Waals surface area contributed by atoms with Crippen LogP contribution in [0.15, 0.2) is 42.5 Å². The molecule has 0 saturated heterocycles. The molecule has 4 aromatic rings. The number of nitrogens with zero attached hydrogens (tertiary/aromatic N) is 4. The molecule has 8 nitrogen and oxygen atoms in total. The van der Waals surface area contributed by atoms with Crippen LogP contribution >= 0.6 is 11.3 Å². The zero-order valence-electron chi connectivity index (χ0n) is 23.3. The van der Waals surface area contributed by atoms with E-state index in [1.807, 2.05) is 34.2 Å². The van der Waals surface area contributed by atoms with Gasteiger partial charge in [-0.1, -0.05) is 30.3 Å². The lowest BCUT2D eigenvalue weighted by Gasteiger charge is -2.24. The van der Waals surface area contributed by atoms with E-state index in [4.69, 9.17) is 4.98 Å². The molecule has 2 aromatic carbocycles. The number of aliphatic hydroxyl groups is 1. The van der Waals surface area contributed by atoms with Gasteiger partial charge in [-0.15, -0.1) is 11.3 Å². The van der Waals surface area contributed by atoms with Crippen LogP contribution in [0.2, 0.25) is 0 Å². The number of aliphatic hydroxyl groups excluding tert-OH is 1. The van der Waals surface area contributed by atoms with Gasteiger partial charge in [-0.2, -0.15) is 5.10 Å². The van der Waals surface area contributed by atoms with Crippen molar-refractivity contribution in [1.82, 2.24) is 25.0 Å². The van der Waals surface area contributed by atoms with Crippen molar-refractivity contribution in [2.75, 3.05) is 32.1 Å². The zero-order chi connectivity index (χ0) is 27.8. The Hall–Kier alpha value is -3.37. The molecule has 0 aliphatic carbocycles. The molecule has 0 saturated carbocycles. The molecule has 0 bridgehead atoms. The number of anilines is 1. The third-order valence-corrected chi connectivity index (χ3v) is 9.31. The normalized spacial score (nSPS) is 16.9. The van der Waals surface area contributed by atoms with Gasteiger partial charge in [0.15, 0.2) is 5.69 Å². The molecule has 6 rings (SSSR count). The molecule has 0 fully saturated rings. The highest BCUT2D eigenvalue weighted by Gasteiger charge is 2.25. The number of aromatic nitrogens is 3. The second-order valence-corrected chi connectivity index (χ2v) is 11.9. The molecule has 0 spiro atoms. The van der Waals surface area contributed by atoms with Crippen LogP contribution in [0.25, 0.3) is 21.7 Å². The molecular formula is C31H36N6O2S. The Balaban J connectivity index is 1.26. The van der Waals surface area contributed by atoms with Gasteiger partial charge in [-0.3, -0.25) is 9.48 Å². The first-order valence-corrected chi connectivity index (χ1v) is 14.8. The van der Waals surface area contributed by atoms with Crippen LogP contribution in [0.5, 0.6) is 0 Å². The van der Waals surface area contributed by atoms with Gasteiger partial charge in [0, 0.05) is 48.3 Å². The van der Waals surface area contributed by atoms with Gasteiger partial charge in [0.2, 0.25) is 0 Å². The van der Waals surface area contributed by atoms with Crippen molar-refractivity contribution in [1.29, 1.82) is 0 Å². The maximum absolute atomic E-state index is 13.3. The summed E-state index contributed by atoms with van der Waals surface area (Å²) in [5.41, 5.74) is 9.01. The zero-order valence-corrected chi connectivity index (χ0v) is 24.1. The number of carbonyl (C=O) groups is 1. The Kier molecular flexibility index (Phi) is 7.55. The molecule has 2 aliphatic rings. The molecule has 2 aliphatic heterocycles. The van der Waals surface area contributed by atoms with E-state index in [2.05, 4.69) is 65.8 Å². The molecule has 1 amide bonds. The standard InChI is InChI=1S/C31H36N6O2S/c1-19-21(7-4-9-23(19)31-34-27-18-36(3)15-12-29(27)40-31)22-8-5-10-24(20(22)2)33-30(39)26-17-28-25(32-13-16-38)11-6-14-37(28)35-26/h4-5,7-10,17,25,32,38H,6,11-16,18H2,1-3H3,(H,33,39). The molecule has 0 radical (unpaired) electrons. The van der Waals surface area contributed by atoms with Gasteiger partial charge in [0.05, 0.1) is 18.0 Å². The third kappa shape index (κ3) is 5.10. The van der Waals surface area contributed by atoms with E-state index in [9.17, 15) is 9.90 Å². The molecule has 1 atom stereocenters. The molecule has 1 unspecified atom stereocenters. The maximum atomic E-state index is 13.3. The number of carbonyl (C=O) groups excluding carboxylic acids is 1. The lowest BCUT2D eigenvalue weighted by Crippen LogP contribution is -2.29. The lowest BCUT2D eigenvalue weighted by atomic mass is 9.93. The van der Waals surface area contributed by atoms with Crippen LogP contribution in [-0.4, -0.2) is 57.4 Å². The number of hydrogen-bond donors (Lipinski definition) is 3. The molecule has 3 N–H and O–H groups in total. The largest absolute Gasteiger partial charge is 0.395 e. The minimum Gasteiger partial charge on any atom is -0.395 e. The van der Waals surface area contributed by atoms with E-state index < -0.39 is 0 Å². The van der Waals surface area contributed by atoms with Gasteiger partial charge in [-0.25, -0.2) is 4.98 Å². The Bertz CT molecular complexity index is 1560. The van der Waals surface area contributed by atoms with Crippen LogP contribution in [0.4, 0.5) is 5.69 Å². The van der Waals surface area contributed by atoms with Crippen molar-refractivity contribution in [2.45, 2.75) is 52.2 Å². The number of hydrogen-bond acceptors (Lipinski definition) is 7. The summed E-state index contributed by atoms with van der Waals surface area (Å²) in [6.07, 6.45) is 3.01. The topological polar surface area (TPSA) is 95.3 Å². The predicted octanol–water partition coefficient (Wildman–Crippen LogP) is 4.95. The molecule has 40 heavy (non-hydrogen) atoms. The van der Waals surface area contributed by atoms with E-state index >= 15 is 0 Å². The van der Waals surface area contributed by atoms with Crippen LogP contribution in [-0.2, 0) is 19.5 Å². The lowest BCUT2D eigenvalue weighted by molar-refractivity contribution is 0.102. The SMILES string of the molecule is Cc1c(NC(=O)c2cc3n(n2)CCCC3NCCO)cccc1-c1cccc(-c2nc3c(s2)CCN(C)C3)c1C. The second-order valence-electron chi connectivity index (χ2n) is 10.8. The molecule has 4 heterocycles. The van der Waals surface area contributed by atoms with E-state index in [1.54, 1.807) is 0 Å². The quantitative estimate of drug-likeness (QED) is 0.298. The summed E-state index contributed by atoms with van der Waals surface area (Å²) in [6, 6.07) is 14.4. The highest BCUT2D eigenvalue weighted by atomic mass is 32.1. The van der Waals surface area contributed by atoms with Crippen LogP contribution < -0.4 is 10.6 Å². The van der Waals surface area contributed by atoms with E-state index in [-0.39, 0.29) is 18.6 Å². The highest BCUT2D eigenvalue weighted by Crippen LogP contribution is 2.38. The third-order valence-electron chi connectivity index (χ3n) is 8.12. The Morgan fingerprint density at radius 2 is 1.88 bits per heavy atom. The molecular weight excluding hydrogens is 520 g/mol. The van der Waals surface area contributed by atoms with Gasteiger partial charge in [-0.05, 0) is 74.5 Å². The fourth-order valence-corrected chi connectivity index (χ4v) is 7.03. The Labute approximate surface area is 239 Å². The summed E-state index contributed by atoms with van der Waals surface area (Å²) in [5, 5.41) is 21.4. The number of benzene rings is 2. The number of fused-ring (bicyclic) bond motifs is 2. The first-order chi connectivity index (χ1) is 19.4. The summed E-state index contributed by atoms with van der Waals surface area (Å²) in [7, 11) is 2.15. The molecule has 208 valence electrons. The van der Waals surface area contributed by atoms with Crippen LogP contribution in [0.3, 0.4) is 0 Å². The molecule has 9 heteroatoms. The second kappa shape index (κ2) is 11.2. The number of nitrogens with one attached hydrogen (secondary N) is 2. The fourth-order valence-electron chi connectivity index (χ4n) is 5.89. The summed E-state index contributed by atoms with van der Waals surface area (Å²) in [5.74, 6) is -0.216. The van der Waals surface area contributed by atoms with Gasteiger partial charge in [0.25, 0.3) is 5.91 Å². The summed E-state index contributed by atoms with van der Waals surface area (Å²) >= 11 is 1.82. The van der Waals surface area contributed by atoms with Crippen LogP contribution in [0, 0.1) is 13.8 Å². The number of likely N-dealkylation sites (N-methyl/N-ethyl adjacent to an activating group) is 1. The smallest absolute Gasteiger partial charge is 0.276 e. The summed E-state index contributed by atoms with van der Waals surface area (Å²) in [6.45, 7) is 7.61. The summed E-state index contributed by atoms with van der Waals surface area (Å²) < 4.78 is 1.92. The first kappa shape index (κ1) is 26.8. The first-order valence-electron chi connectivity index (χ1n) is 14.0. The summed E-state index contributed by atoms with van der Waals surface area (Å²) in [4.78, 5) is 22.1. The van der Waals surface area contributed by atoms with Gasteiger partial charge in [0.1, 0.15) is 5.01 Å². The van der Waals surface area contributed by atoms with Crippen LogP contribution in [0.1, 0.15) is 56.8 Å². The number of aryl methyl sites for hydroxylation is 1. The number of amides is 1. The number of thiazole rings is 1. The van der Waals surface area contributed by atoms with Crippen molar-refractivity contribution < 1.29 is 9.90 Å².